The molecule has 1 unspecified atom stereocenters. The van der Waals surface area contributed by atoms with Crippen molar-refractivity contribution in [3.8, 4) is 11.5 Å². The van der Waals surface area contributed by atoms with Gasteiger partial charge < -0.3 is 14.8 Å². The molecule has 2 rings (SSSR count). The number of nitrogens with one attached hydrogen (secondary N) is 1. The van der Waals surface area contributed by atoms with Crippen molar-refractivity contribution in [2.75, 3.05) is 21.2 Å². The minimum atomic E-state index is -3.55. The third kappa shape index (κ3) is 5.42. The number of carbonyl (C=O) groups is 1. The summed E-state index contributed by atoms with van der Waals surface area (Å²) in [6, 6.07) is 9.59. The molecule has 0 fully saturated rings. The number of hydrogen-bond acceptors (Lipinski definition) is 5. The Bertz CT molecular complexity index is 963. The van der Waals surface area contributed by atoms with Crippen LogP contribution < -0.4 is 14.8 Å². The van der Waals surface area contributed by atoms with E-state index in [0.29, 0.717) is 5.56 Å². The van der Waals surface area contributed by atoms with Crippen molar-refractivity contribution in [2.24, 2.45) is 0 Å². The number of sulfonamides is 1. The predicted octanol–water partition coefficient (Wildman–Crippen LogP) is 3.04. The maximum absolute atomic E-state index is 12.5. The van der Waals surface area contributed by atoms with Crippen LogP contribution in [0.4, 0.5) is 8.78 Å². The molecule has 0 aliphatic carbocycles. The molecule has 0 saturated carbocycles. The van der Waals surface area contributed by atoms with E-state index in [4.69, 9.17) is 4.74 Å². The molecule has 1 amide bonds. The van der Waals surface area contributed by atoms with Crippen molar-refractivity contribution in [2.45, 2.75) is 24.5 Å². The summed E-state index contributed by atoms with van der Waals surface area (Å²) < 4.78 is 59.8. The van der Waals surface area contributed by atoms with Gasteiger partial charge in [-0.2, -0.15) is 8.78 Å². The van der Waals surface area contributed by atoms with Crippen molar-refractivity contribution >= 4 is 15.9 Å². The number of benzene rings is 2. The maximum Gasteiger partial charge on any atom is 0.387 e. The van der Waals surface area contributed by atoms with Crippen molar-refractivity contribution in [3.63, 3.8) is 0 Å². The van der Waals surface area contributed by atoms with E-state index in [0.717, 1.165) is 4.31 Å². The van der Waals surface area contributed by atoms with E-state index in [1.165, 1.54) is 51.5 Å². The third-order valence-corrected chi connectivity index (χ3v) is 5.98. The highest BCUT2D eigenvalue weighted by Crippen LogP contribution is 2.29. The fourth-order valence-corrected chi connectivity index (χ4v) is 3.41. The van der Waals surface area contributed by atoms with E-state index in [-0.39, 0.29) is 22.0 Å². The monoisotopic (exact) mass is 428 g/mol. The van der Waals surface area contributed by atoms with Gasteiger partial charge in [0.15, 0.2) is 11.5 Å². The molecule has 0 saturated heterocycles. The summed E-state index contributed by atoms with van der Waals surface area (Å²) in [7, 11) is 0.628. The normalized spacial score (nSPS) is 12.7. The van der Waals surface area contributed by atoms with Crippen molar-refractivity contribution in [1.82, 2.24) is 9.62 Å². The molecule has 1 N–H and O–H groups in total. The number of halogens is 2. The molecule has 1 atom stereocenters. The molecule has 2 aromatic rings. The van der Waals surface area contributed by atoms with Crippen LogP contribution in [0.1, 0.15) is 28.9 Å². The Labute approximate surface area is 168 Å². The van der Waals surface area contributed by atoms with Gasteiger partial charge in [0, 0.05) is 19.7 Å². The molecule has 29 heavy (non-hydrogen) atoms. The van der Waals surface area contributed by atoms with Crippen LogP contribution in [0, 0.1) is 0 Å². The van der Waals surface area contributed by atoms with Crippen molar-refractivity contribution in [3.05, 3.63) is 53.6 Å². The van der Waals surface area contributed by atoms with Crippen molar-refractivity contribution in [1.29, 1.82) is 0 Å². The average Bonchev–Trinajstić information content (AvgIpc) is 2.67. The van der Waals surface area contributed by atoms with E-state index in [2.05, 4.69) is 10.1 Å². The van der Waals surface area contributed by atoms with Crippen LogP contribution in [0.5, 0.6) is 11.5 Å². The highest BCUT2D eigenvalue weighted by atomic mass is 32.2. The summed E-state index contributed by atoms with van der Waals surface area (Å²) in [4.78, 5) is 12.6. The standard InChI is InChI=1S/C19H22F2N2O5S/c1-12(13-5-8-15(9-6-13)29(25,26)23(2)3)22-18(24)14-7-10-16(27-4)17(11-14)28-19(20)21/h5-12,19H,1-4H3,(H,22,24). The van der Waals surface area contributed by atoms with Crippen LogP contribution in [0.2, 0.25) is 0 Å². The second-order valence-electron chi connectivity index (χ2n) is 6.30. The van der Waals surface area contributed by atoms with Crippen LogP contribution in [-0.2, 0) is 10.0 Å². The second-order valence-corrected chi connectivity index (χ2v) is 8.45. The lowest BCUT2D eigenvalue weighted by atomic mass is 10.1. The molecule has 0 heterocycles. The highest BCUT2D eigenvalue weighted by molar-refractivity contribution is 7.89. The Kier molecular flexibility index (Phi) is 7.15. The van der Waals surface area contributed by atoms with Gasteiger partial charge in [-0.1, -0.05) is 12.1 Å². The van der Waals surface area contributed by atoms with E-state index in [9.17, 15) is 22.0 Å². The molecule has 7 nitrogen and oxygen atoms in total. The predicted molar refractivity (Wildman–Crippen MR) is 103 cm³/mol. The lowest BCUT2D eigenvalue weighted by Crippen LogP contribution is -2.27. The first-order chi connectivity index (χ1) is 13.6. The molecular formula is C19H22F2N2O5S. The summed E-state index contributed by atoms with van der Waals surface area (Å²) in [6.45, 7) is -1.34. The molecule has 0 radical (unpaired) electrons. The summed E-state index contributed by atoms with van der Waals surface area (Å²) in [5.41, 5.74) is 0.786. The zero-order valence-corrected chi connectivity index (χ0v) is 17.2. The molecule has 0 bridgehead atoms. The van der Waals surface area contributed by atoms with Crippen LogP contribution in [0.25, 0.3) is 0 Å². The molecule has 0 aromatic heterocycles. The first-order valence-corrected chi connectivity index (χ1v) is 9.96. The van der Waals surface area contributed by atoms with E-state index >= 15 is 0 Å². The SMILES string of the molecule is COc1ccc(C(=O)NC(C)c2ccc(S(=O)(=O)N(C)C)cc2)cc1OC(F)F. The minimum absolute atomic E-state index is 0.0765. The number of amides is 1. The summed E-state index contributed by atoms with van der Waals surface area (Å²) in [5, 5.41) is 2.73. The lowest BCUT2D eigenvalue weighted by Gasteiger charge is -2.17. The first kappa shape index (κ1) is 22.6. The van der Waals surface area contributed by atoms with Crippen LogP contribution >= 0.6 is 0 Å². The Morgan fingerprint density at radius 3 is 2.21 bits per heavy atom. The van der Waals surface area contributed by atoms with E-state index < -0.39 is 28.6 Å². The number of rotatable bonds is 8. The Hall–Kier alpha value is -2.72. The summed E-state index contributed by atoms with van der Waals surface area (Å²) >= 11 is 0. The molecular weight excluding hydrogens is 406 g/mol. The van der Waals surface area contributed by atoms with Gasteiger partial charge in [0.05, 0.1) is 18.0 Å². The van der Waals surface area contributed by atoms with Crippen LogP contribution in [-0.4, -0.2) is 46.4 Å². The number of carbonyl (C=O) groups excluding carboxylic acids is 1. The first-order valence-electron chi connectivity index (χ1n) is 8.52. The fourth-order valence-electron chi connectivity index (χ4n) is 2.51. The maximum atomic E-state index is 12.5. The molecule has 0 aliphatic heterocycles. The number of methoxy groups -OCH3 is 1. The van der Waals surface area contributed by atoms with E-state index in [1.54, 1.807) is 19.1 Å². The Balaban J connectivity index is 2.16. The van der Waals surface area contributed by atoms with Gasteiger partial charge in [0.2, 0.25) is 10.0 Å². The molecule has 158 valence electrons. The zero-order valence-electron chi connectivity index (χ0n) is 16.3. The number of hydrogen-bond donors (Lipinski definition) is 1. The molecule has 2 aromatic carbocycles. The van der Waals surface area contributed by atoms with Gasteiger partial charge in [-0.3, -0.25) is 4.79 Å². The second kappa shape index (κ2) is 9.19. The summed E-state index contributed by atoms with van der Waals surface area (Å²) in [5.74, 6) is -0.683. The number of nitrogens with zero attached hydrogens (tertiary/aromatic N) is 1. The van der Waals surface area contributed by atoms with Crippen LogP contribution in [0.3, 0.4) is 0 Å². The Morgan fingerprint density at radius 2 is 1.69 bits per heavy atom. The highest BCUT2D eigenvalue weighted by Gasteiger charge is 2.19. The molecule has 10 heteroatoms. The van der Waals surface area contributed by atoms with E-state index in [1.807, 2.05) is 0 Å². The van der Waals surface area contributed by atoms with Gasteiger partial charge >= 0.3 is 6.61 Å². The Morgan fingerprint density at radius 1 is 1.07 bits per heavy atom. The number of alkyl halides is 2. The fraction of sp³-hybridized carbons (Fsp3) is 0.316. The lowest BCUT2D eigenvalue weighted by molar-refractivity contribution is -0.0512. The molecule has 0 aliphatic rings. The quantitative estimate of drug-likeness (QED) is 0.699. The molecule has 0 spiro atoms. The van der Waals surface area contributed by atoms with Gasteiger partial charge in [0.1, 0.15) is 0 Å². The zero-order chi connectivity index (χ0) is 21.8. The van der Waals surface area contributed by atoms with Crippen LogP contribution in [0.15, 0.2) is 47.4 Å². The largest absolute Gasteiger partial charge is 0.493 e. The third-order valence-electron chi connectivity index (χ3n) is 4.15. The average molecular weight is 428 g/mol. The summed E-state index contributed by atoms with van der Waals surface area (Å²) in [6.07, 6.45) is 0. The minimum Gasteiger partial charge on any atom is -0.493 e. The smallest absolute Gasteiger partial charge is 0.387 e. The van der Waals surface area contributed by atoms with Gasteiger partial charge in [-0.15, -0.1) is 0 Å². The van der Waals surface area contributed by atoms with Crippen molar-refractivity contribution < 1.29 is 31.5 Å². The van der Waals surface area contributed by atoms with Gasteiger partial charge in [-0.05, 0) is 42.8 Å². The van der Waals surface area contributed by atoms with Gasteiger partial charge in [-0.25, -0.2) is 12.7 Å². The topological polar surface area (TPSA) is 84.9 Å². The number of ether oxygens (including phenoxy) is 2. The van der Waals surface area contributed by atoms with Gasteiger partial charge in [0.25, 0.3) is 5.91 Å².